The van der Waals surface area contributed by atoms with Crippen LogP contribution in [-0.2, 0) is 11.3 Å². The molecule has 7 heteroatoms. The lowest BCUT2D eigenvalue weighted by molar-refractivity contribution is -0.122. The van der Waals surface area contributed by atoms with Crippen molar-refractivity contribution in [3.63, 3.8) is 0 Å². The van der Waals surface area contributed by atoms with E-state index in [1.54, 1.807) is 0 Å². The molecule has 1 aliphatic rings. The summed E-state index contributed by atoms with van der Waals surface area (Å²) in [6.45, 7) is 6.51. The molecule has 0 saturated carbocycles. The number of carbonyl (C=O) groups excluding carboxylic acids is 1. The van der Waals surface area contributed by atoms with Crippen LogP contribution >= 0.6 is 0 Å². The summed E-state index contributed by atoms with van der Waals surface area (Å²) >= 11 is 0. The Labute approximate surface area is 148 Å². The molecule has 1 aliphatic heterocycles. The molecule has 7 nitrogen and oxygen atoms in total. The zero-order valence-electron chi connectivity index (χ0n) is 14.8. The van der Waals surface area contributed by atoms with Crippen molar-refractivity contribution in [3.8, 4) is 11.4 Å². The number of benzene rings is 1. The number of likely N-dealkylation sites (tertiary alicyclic amines) is 1. The average molecular weight is 342 g/mol. The Kier molecular flexibility index (Phi) is 6.11. The molecule has 0 spiro atoms. The third-order valence-corrected chi connectivity index (χ3v) is 4.62. The quantitative estimate of drug-likeness (QED) is 0.773. The van der Waals surface area contributed by atoms with Crippen LogP contribution in [0.4, 0.5) is 0 Å². The van der Waals surface area contributed by atoms with Gasteiger partial charge in [0.2, 0.25) is 11.7 Å². The fraction of sp³-hybridized carbons (Fsp3) is 0.556. The average Bonchev–Trinajstić information content (AvgIpc) is 3.09. The van der Waals surface area contributed by atoms with Gasteiger partial charge in [0.1, 0.15) is 6.54 Å². The lowest BCUT2D eigenvalue weighted by Crippen LogP contribution is -2.36. The van der Waals surface area contributed by atoms with E-state index in [1.165, 1.54) is 30.7 Å². The Morgan fingerprint density at radius 1 is 1.24 bits per heavy atom. The van der Waals surface area contributed by atoms with E-state index < -0.39 is 0 Å². The second-order valence-electron chi connectivity index (χ2n) is 6.74. The molecule has 1 N–H and O–H groups in total. The maximum Gasteiger partial charge on any atom is 0.243 e. The number of hydrogen-bond acceptors (Lipinski definition) is 5. The third kappa shape index (κ3) is 5.35. The van der Waals surface area contributed by atoms with Gasteiger partial charge in [-0.05, 0) is 50.0 Å². The molecule has 3 rings (SSSR count). The first kappa shape index (κ1) is 17.5. The summed E-state index contributed by atoms with van der Waals surface area (Å²) < 4.78 is 0. The van der Waals surface area contributed by atoms with E-state index >= 15 is 0 Å². The van der Waals surface area contributed by atoms with Crippen LogP contribution in [0.15, 0.2) is 30.3 Å². The Bertz CT molecular complexity index is 663. The molecular formula is C18H26N6O. The lowest BCUT2D eigenvalue weighted by Gasteiger charge is -2.30. The van der Waals surface area contributed by atoms with Gasteiger partial charge in [-0.25, -0.2) is 0 Å². The summed E-state index contributed by atoms with van der Waals surface area (Å²) in [6.07, 6.45) is 3.54. The monoisotopic (exact) mass is 342 g/mol. The Morgan fingerprint density at radius 3 is 2.76 bits per heavy atom. The van der Waals surface area contributed by atoms with Crippen molar-refractivity contribution >= 4 is 5.91 Å². The predicted octanol–water partition coefficient (Wildman–Crippen LogP) is 1.58. The molecule has 1 fully saturated rings. The van der Waals surface area contributed by atoms with Gasteiger partial charge in [-0.1, -0.05) is 37.3 Å². The highest BCUT2D eigenvalue weighted by atomic mass is 16.2. The Morgan fingerprint density at radius 2 is 2.00 bits per heavy atom. The van der Waals surface area contributed by atoms with Gasteiger partial charge in [-0.15, -0.1) is 10.2 Å². The second-order valence-corrected chi connectivity index (χ2v) is 6.74. The van der Waals surface area contributed by atoms with Crippen LogP contribution in [0.3, 0.4) is 0 Å². The third-order valence-electron chi connectivity index (χ3n) is 4.62. The predicted molar refractivity (Wildman–Crippen MR) is 95.7 cm³/mol. The van der Waals surface area contributed by atoms with Crippen LogP contribution in [0.25, 0.3) is 11.4 Å². The van der Waals surface area contributed by atoms with Gasteiger partial charge in [0.05, 0.1) is 0 Å². The van der Waals surface area contributed by atoms with Crippen LogP contribution in [0.2, 0.25) is 0 Å². The number of amides is 1. The summed E-state index contributed by atoms with van der Waals surface area (Å²) in [6, 6.07) is 9.62. The molecule has 1 amide bonds. The molecule has 25 heavy (non-hydrogen) atoms. The fourth-order valence-corrected chi connectivity index (χ4v) is 3.01. The van der Waals surface area contributed by atoms with Gasteiger partial charge in [-0.3, -0.25) is 4.79 Å². The number of nitrogens with zero attached hydrogens (tertiary/aromatic N) is 5. The number of rotatable bonds is 7. The highest BCUT2D eigenvalue weighted by Gasteiger charge is 2.15. The van der Waals surface area contributed by atoms with Gasteiger partial charge in [0.25, 0.3) is 0 Å². The lowest BCUT2D eigenvalue weighted by atomic mass is 9.99. The maximum absolute atomic E-state index is 12.0. The molecule has 134 valence electrons. The van der Waals surface area contributed by atoms with E-state index in [2.05, 4.69) is 32.6 Å². The summed E-state index contributed by atoms with van der Waals surface area (Å²) in [5, 5.41) is 15.1. The number of tetrazole rings is 1. The fourth-order valence-electron chi connectivity index (χ4n) is 3.01. The molecule has 1 saturated heterocycles. The molecule has 0 aliphatic carbocycles. The normalized spacial score (nSPS) is 16.0. The van der Waals surface area contributed by atoms with E-state index in [0.29, 0.717) is 12.4 Å². The van der Waals surface area contributed by atoms with Gasteiger partial charge >= 0.3 is 0 Å². The van der Waals surface area contributed by atoms with Crippen molar-refractivity contribution < 1.29 is 4.79 Å². The maximum atomic E-state index is 12.0. The SMILES string of the molecule is CC1CCN(CCCNC(=O)Cn2nnc(-c3ccccc3)n2)CC1. The summed E-state index contributed by atoms with van der Waals surface area (Å²) in [4.78, 5) is 15.8. The van der Waals surface area contributed by atoms with E-state index in [-0.39, 0.29) is 12.5 Å². The summed E-state index contributed by atoms with van der Waals surface area (Å²) in [5.41, 5.74) is 0.894. The zero-order chi connectivity index (χ0) is 17.5. The van der Waals surface area contributed by atoms with E-state index in [1.807, 2.05) is 30.3 Å². The van der Waals surface area contributed by atoms with E-state index in [9.17, 15) is 4.79 Å². The van der Waals surface area contributed by atoms with Crippen molar-refractivity contribution in [1.82, 2.24) is 30.4 Å². The molecule has 0 radical (unpaired) electrons. The largest absolute Gasteiger partial charge is 0.354 e. The summed E-state index contributed by atoms with van der Waals surface area (Å²) in [5.74, 6) is 1.31. The standard InChI is InChI=1S/C18H26N6O/c1-15-8-12-23(13-9-15)11-5-10-19-17(25)14-24-21-18(20-22-24)16-6-3-2-4-7-16/h2-4,6-7,15H,5,8-14H2,1H3,(H,19,25). The van der Waals surface area contributed by atoms with Crippen LogP contribution in [0.1, 0.15) is 26.2 Å². The highest BCUT2D eigenvalue weighted by molar-refractivity contribution is 5.75. The van der Waals surface area contributed by atoms with Crippen LogP contribution < -0.4 is 5.32 Å². The van der Waals surface area contributed by atoms with Crippen molar-refractivity contribution in [2.75, 3.05) is 26.2 Å². The van der Waals surface area contributed by atoms with E-state index in [4.69, 9.17) is 0 Å². The minimum atomic E-state index is -0.0794. The number of carbonyl (C=O) groups is 1. The van der Waals surface area contributed by atoms with E-state index in [0.717, 1.165) is 24.4 Å². The van der Waals surface area contributed by atoms with Crippen molar-refractivity contribution in [1.29, 1.82) is 0 Å². The topological polar surface area (TPSA) is 75.9 Å². The molecule has 1 aromatic carbocycles. The van der Waals surface area contributed by atoms with Crippen LogP contribution in [0.5, 0.6) is 0 Å². The summed E-state index contributed by atoms with van der Waals surface area (Å²) in [7, 11) is 0. The second kappa shape index (κ2) is 8.71. The van der Waals surface area contributed by atoms with Gasteiger partial charge in [-0.2, -0.15) is 4.80 Å². The molecule has 1 aromatic heterocycles. The van der Waals surface area contributed by atoms with Crippen LogP contribution in [-0.4, -0.2) is 57.2 Å². The minimum absolute atomic E-state index is 0.0794. The van der Waals surface area contributed by atoms with Gasteiger partial charge in [0, 0.05) is 12.1 Å². The van der Waals surface area contributed by atoms with Crippen molar-refractivity contribution in [2.45, 2.75) is 32.7 Å². The molecule has 0 unspecified atom stereocenters. The first-order chi connectivity index (χ1) is 12.2. The number of aromatic nitrogens is 4. The van der Waals surface area contributed by atoms with Crippen LogP contribution in [0, 0.1) is 5.92 Å². The van der Waals surface area contributed by atoms with Gasteiger partial charge < -0.3 is 10.2 Å². The highest BCUT2D eigenvalue weighted by Crippen LogP contribution is 2.15. The Balaban J connectivity index is 1.36. The van der Waals surface area contributed by atoms with Crippen molar-refractivity contribution in [2.24, 2.45) is 5.92 Å². The zero-order valence-corrected chi connectivity index (χ0v) is 14.8. The number of hydrogen-bond donors (Lipinski definition) is 1. The van der Waals surface area contributed by atoms with Crippen molar-refractivity contribution in [3.05, 3.63) is 30.3 Å². The first-order valence-electron chi connectivity index (χ1n) is 9.03. The molecule has 0 atom stereocenters. The molecule has 0 bridgehead atoms. The van der Waals surface area contributed by atoms with Gasteiger partial charge in [0.15, 0.2) is 0 Å². The number of piperidine rings is 1. The molecule has 2 aromatic rings. The molecule has 2 heterocycles. The Hall–Kier alpha value is -2.28. The molecular weight excluding hydrogens is 316 g/mol. The minimum Gasteiger partial charge on any atom is -0.354 e. The smallest absolute Gasteiger partial charge is 0.243 e. The first-order valence-corrected chi connectivity index (χ1v) is 9.03. The number of nitrogens with one attached hydrogen (secondary N) is 1.